The molecule has 6 heteroatoms. The molecule has 0 spiro atoms. The average Bonchev–Trinajstić information content (AvgIpc) is 2.14. The van der Waals surface area contributed by atoms with Crippen LogP contribution >= 0.6 is 0 Å². The molecule has 0 bridgehead atoms. The molecule has 0 aliphatic rings. The number of nitrogens with one attached hydrogen (secondary N) is 1. The number of nitrogens with two attached hydrogens (primary N) is 1. The van der Waals surface area contributed by atoms with Gasteiger partial charge in [0.15, 0.2) is 0 Å². The first-order valence-electron chi connectivity index (χ1n) is 5.24. The van der Waals surface area contributed by atoms with Crippen molar-refractivity contribution in [3.63, 3.8) is 0 Å². The predicted octanol–water partition coefficient (Wildman–Crippen LogP) is 0.146. The van der Waals surface area contributed by atoms with E-state index in [4.69, 9.17) is 5.73 Å². The largest absolute Gasteiger partial charge is 0.330 e. The summed E-state index contributed by atoms with van der Waals surface area (Å²) in [5.41, 5.74) is 5.39. The summed E-state index contributed by atoms with van der Waals surface area (Å²) in [4.78, 5) is 0. The lowest BCUT2D eigenvalue weighted by atomic mass is 10.1. The fourth-order valence-electron chi connectivity index (χ4n) is 1.01. The minimum atomic E-state index is -3.33. The van der Waals surface area contributed by atoms with Gasteiger partial charge in [-0.15, -0.1) is 0 Å². The van der Waals surface area contributed by atoms with Crippen molar-refractivity contribution in [2.75, 3.05) is 20.1 Å². The second-order valence-electron chi connectivity index (χ2n) is 4.15. The van der Waals surface area contributed by atoms with Crippen molar-refractivity contribution in [2.45, 2.75) is 33.2 Å². The van der Waals surface area contributed by atoms with Gasteiger partial charge in [-0.1, -0.05) is 6.92 Å². The maximum Gasteiger partial charge on any atom is 0.279 e. The number of hydrogen-bond acceptors (Lipinski definition) is 3. The highest BCUT2D eigenvalue weighted by Gasteiger charge is 2.20. The van der Waals surface area contributed by atoms with Crippen LogP contribution in [0.3, 0.4) is 0 Å². The van der Waals surface area contributed by atoms with Crippen LogP contribution in [0.2, 0.25) is 0 Å². The Morgan fingerprint density at radius 3 is 2.27 bits per heavy atom. The lowest BCUT2D eigenvalue weighted by molar-refractivity contribution is 0.397. The molecule has 0 saturated carbocycles. The van der Waals surface area contributed by atoms with Crippen molar-refractivity contribution in [1.82, 2.24) is 9.03 Å². The highest BCUT2D eigenvalue weighted by atomic mass is 32.2. The normalized spacial score (nSPS) is 14.9. The molecule has 3 N–H and O–H groups in total. The van der Waals surface area contributed by atoms with Gasteiger partial charge in [-0.05, 0) is 32.7 Å². The van der Waals surface area contributed by atoms with Crippen molar-refractivity contribution in [3.05, 3.63) is 0 Å². The van der Waals surface area contributed by atoms with Gasteiger partial charge in [-0.25, -0.2) is 4.72 Å². The van der Waals surface area contributed by atoms with Crippen LogP contribution in [0.1, 0.15) is 27.2 Å². The Balaban J connectivity index is 4.16. The van der Waals surface area contributed by atoms with E-state index in [1.165, 1.54) is 4.31 Å². The first kappa shape index (κ1) is 14.8. The van der Waals surface area contributed by atoms with E-state index in [0.717, 1.165) is 6.42 Å². The van der Waals surface area contributed by atoms with Gasteiger partial charge in [0, 0.05) is 19.6 Å². The Labute approximate surface area is 93.2 Å². The van der Waals surface area contributed by atoms with E-state index in [1.54, 1.807) is 7.05 Å². The third-order valence-electron chi connectivity index (χ3n) is 2.38. The van der Waals surface area contributed by atoms with Crippen molar-refractivity contribution in [1.29, 1.82) is 0 Å². The molecule has 0 fully saturated rings. The van der Waals surface area contributed by atoms with Crippen LogP contribution in [0.5, 0.6) is 0 Å². The Morgan fingerprint density at radius 2 is 1.87 bits per heavy atom. The molecule has 0 rings (SSSR count). The number of hydrogen-bond donors (Lipinski definition) is 2. The fourth-order valence-corrected chi connectivity index (χ4v) is 2.27. The van der Waals surface area contributed by atoms with Crippen LogP contribution in [-0.2, 0) is 10.2 Å². The van der Waals surface area contributed by atoms with Crippen molar-refractivity contribution >= 4 is 10.2 Å². The summed E-state index contributed by atoms with van der Waals surface area (Å²) in [5, 5.41) is 0. The molecular formula is C9H23N3O2S. The minimum absolute atomic E-state index is 0.0349. The van der Waals surface area contributed by atoms with Crippen LogP contribution in [0.4, 0.5) is 0 Å². The maximum absolute atomic E-state index is 11.7. The lowest BCUT2D eigenvalue weighted by Gasteiger charge is -2.22. The zero-order valence-corrected chi connectivity index (χ0v) is 10.8. The molecule has 0 aliphatic heterocycles. The van der Waals surface area contributed by atoms with E-state index in [-0.39, 0.29) is 12.0 Å². The van der Waals surface area contributed by atoms with Gasteiger partial charge in [-0.2, -0.15) is 12.7 Å². The van der Waals surface area contributed by atoms with Crippen molar-refractivity contribution in [3.8, 4) is 0 Å². The van der Waals surface area contributed by atoms with Gasteiger partial charge in [0.25, 0.3) is 10.2 Å². The summed E-state index contributed by atoms with van der Waals surface area (Å²) in [7, 11) is -1.76. The Kier molecular flexibility index (Phi) is 6.35. The molecule has 0 heterocycles. The fraction of sp³-hybridized carbons (Fsp3) is 1.00. The van der Waals surface area contributed by atoms with E-state index in [0.29, 0.717) is 13.1 Å². The lowest BCUT2D eigenvalue weighted by Crippen LogP contribution is -2.43. The average molecular weight is 237 g/mol. The predicted molar refractivity (Wildman–Crippen MR) is 62.7 cm³/mol. The van der Waals surface area contributed by atoms with Crippen molar-refractivity contribution in [2.24, 2.45) is 11.7 Å². The van der Waals surface area contributed by atoms with E-state index in [1.807, 2.05) is 20.8 Å². The van der Waals surface area contributed by atoms with Gasteiger partial charge in [0.1, 0.15) is 0 Å². The standard InChI is InChI=1S/C9H23N3O2S/c1-8(2)12(4)15(13,14)11-7-9(3)5-6-10/h8-9,11H,5-7,10H2,1-4H3. The zero-order valence-electron chi connectivity index (χ0n) is 10.0. The van der Waals surface area contributed by atoms with Crippen LogP contribution in [0, 0.1) is 5.92 Å². The van der Waals surface area contributed by atoms with E-state index in [2.05, 4.69) is 4.72 Å². The van der Waals surface area contributed by atoms with E-state index >= 15 is 0 Å². The van der Waals surface area contributed by atoms with Gasteiger partial charge < -0.3 is 5.73 Å². The van der Waals surface area contributed by atoms with Crippen LogP contribution in [0.25, 0.3) is 0 Å². The quantitative estimate of drug-likeness (QED) is 0.661. The first-order chi connectivity index (χ1) is 6.81. The molecule has 0 radical (unpaired) electrons. The molecular weight excluding hydrogens is 214 g/mol. The van der Waals surface area contributed by atoms with Gasteiger partial charge in [-0.3, -0.25) is 0 Å². The molecule has 0 saturated heterocycles. The number of rotatable bonds is 7. The SMILES string of the molecule is CC(CCN)CNS(=O)(=O)N(C)C(C)C. The second kappa shape index (κ2) is 6.42. The molecule has 0 aromatic heterocycles. The molecule has 1 atom stereocenters. The van der Waals surface area contributed by atoms with E-state index in [9.17, 15) is 8.42 Å². The van der Waals surface area contributed by atoms with Gasteiger partial charge in [0.2, 0.25) is 0 Å². The highest BCUT2D eigenvalue weighted by Crippen LogP contribution is 2.03. The Bertz CT molecular complexity index is 265. The van der Waals surface area contributed by atoms with Gasteiger partial charge in [0.05, 0.1) is 0 Å². The highest BCUT2D eigenvalue weighted by molar-refractivity contribution is 7.87. The Hall–Kier alpha value is -0.170. The number of nitrogens with zero attached hydrogens (tertiary/aromatic N) is 1. The molecule has 0 aliphatic carbocycles. The first-order valence-corrected chi connectivity index (χ1v) is 6.68. The molecule has 92 valence electrons. The van der Waals surface area contributed by atoms with Gasteiger partial charge >= 0.3 is 0 Å². The minimum Gasteiger partial charge on any atom is -0.330 e. The maximum atomic E-state index is 11.7. The van der Waals surface area contributed by atoms with Crippen LogP contribution < -0.4 is 10.5 Å². The summed E-state index contributed by atoms with van der Waals surface area (Å²) in [5.74, 6) is 0.269. The summed E-state index contributed by atoms with van der Waals surface area (Å²) < 4.78 is 27.2. The second-order valence-corrected chi connectivity index (χ2v) is 5.96. The molecule has 5 nitrogen and oxygen atoms in total. The van der Waals surface area contributed by atoms with Crippen LogP contribution in [-0.4, -0.2) is 38.9 Å². The summed E-state index contributed by atoms with van der Waals surface area (Å²) in [6.07, 6.45) is 0.827. The van der Waals surface area contributed by atoms with Crippen LogP contribution in [0.15, 0.2) is 0 Å². The summed E-state index contributed by atoms with van der Waals surface area (Å²) in [6, 6.07) is -0.0349. The smallest absolute Gasteiger partial charge is 0.279 e. The molecule has 0 aromatic rings. The third kappa shape index (κ3) is 5.46. The third-order valence-corrected chi connectivity index (χ3v) is 4.09. The van der Waals surface area contributed by atoms with Crippen molar-refractivity contribution < 1.29 is 8.42 Å². The molecule has 0 aromatic carbocycles. The topological polar surface area (TPSA) is 75.4 Å². The summed E-state index contributed by atoms with van der Waals surface area (Å²) >= 11 is 0. The summed E-state index contributed by atoms with van der Waals surface area (Å²) in [6.45, 7) is 6.68. The zero-order chi connectivity index (χ0) is 12.1. The molecule has 1 unspecified atom stereocenters. The van der Waals surface area contributed by atoms with E-state index < -0.39 is 10.2 Å². The monoisotopic (exact) mass is 237 g/mol. The molecule has 15 heavy (non-hydrogen) atoms. The molecule has 0 amide bonds. The Morgan fingerprint density at radius 1 is 1.33 bits per heavy atom.